The van der Waals surface area contributed by atoms with Crippen LogP contribution in [0.2, 0.25) is 0 Å². The molecule has 104 valence electrons. The number of nitrogens with one attached hydrogen (secondary N) is 1. The van der Waals surface area contributed by atoms with Crippen molar-refractivity contribution in [3.63, 3.8) is 0 Å². The van der Waals surface area contributed by atoms with Crippen LogP contribution < -0.4 is 19.9 Å². The molecule has 0 aromatic heterocycles. The molecule has 1 saturated heterocycles. The predicted molar refractivity (Wildman–Crippen MR) is 79.5 cm³/mol. The van der Waals surface area contributed by atoms with E-state index >= 15 is 0 Å². The van der Waals surface area contributed by atoms with Crippen molar-refractivity contribution in [2.45, 2.75) is 20.0 Å². The van der Waals surface area contributed by atoms with E-state index in [0.29, 0.717) is 0 Å². The molecule has 2 aliphatic rings. The molecule has 0 bridgehead atoms. The monoisotopic (exact) mass is 261 g/mol. The molecule has 4 nitrogen and oxygen atoms in total. The quantitative estimate of drug-likeness (QED) is 0.877. The molecule has 1 aromatic rings. The zero-order valence-corrected chi connectivity index (χ0v) is 11.9. The first-order valence-electron chi connectivity index (χ1n) is 7.30. The Morgan fingerprint density at radius 2 is 2.11 bits per heavy atom. The minimum atomic E-state index is 0.269. The summed E-state index contributed by atoms with van der Waals surface area (Å²) in [6.07, 6.45) is 0.269. The maximum absolute atomic E-state index is 6.01. The highest BCUT2D eigenvalue weighted by atomic mass is 16.5. The van der Waals surface area contributed by atoms with Gasteiger partial charge in [0.25, 0.3) is 0 Å². The number of hydrogen-bond donors (Lipinski definition) is 1. The van der Waals surface area contributed by atoms with E-state index in [1.165, 1.54) is 11.4 Å². The van der Waals surface area contributed by atoms with Crippen LogP contribution in [0.25, 0.3) is 0 Å². The predicted octanol–water partition coefficient (Wildman–Crippen LogP) is 1.70. The number of benzene rings is 1. The molecule has 1 aromatic carbocycles. The molecule has 3 rings (SSSR count). The van der Waals surface area contributed by atoms with E-state index in [-0.39, 0.29) is 6.10 Å². The standard InChI is InChI=1S/C15H23N3O/c1-3-17-11-12(2)19-14-6-4-5-13(15(14)17)18-9-7-16-8-10-18/h4-6,12,16H,3,7-11H2,1-2H3. The highest BCUT2D eigenvalue weighted by Gasteiger charge is 2.26. The molecule has 0 amide bonds. The van der Waals surface area contributed by atoms with Crippen LogP contribution in [0.5, 0.6) is 5.75 Å². The Hall–Kier alpha value is -1.42. The molecule has 4 heteroatoms. The Labute approximate surface area is 115 Å². The maximum atomic E-state index is 6.01. The summed E-state index contributed by atoms with van der Waals surface area (Å²) in [6.45, 7) is 10.6. The summed E-state index contributed by atoms with van der Waals surface area (Å²) in [5, 5.41) is 3.41. The van der Waals surface area contributed by atoms with Crippen LogP contribution in [0.4, 0.5) is 11.4 Å². The minimum absolute atomic E-state index is 0.269. The molecule has 0 aliphatic carbocycles. The molecular weight excluding hydrogens is 238 g/mol. The number of anilines is 2. The van der Waals surface area contributed by atoms with Crippen molar-refractivity contribution in [2.24, 2.45) is 0 Å². The van der Waals surface area contributed by atoms with Crippen LogP contribution >= 0.6 is 0 Å². The van der Waals surface area contributed by atoms with Gasteiger partial charge < -0.3 is 19.9 Å². The van der Waals surface area contributed by atoms with E-state index in [4.69, 9.17) is 4.74 Å². The van der Waals surface area contributed by atoms with Gasteiger partial charge in [-0.25, -0.2) is 0 Å². The van der Waals surface area contributed by atoms with E-state index in [0.717, 1.165) is 45.0 Å². The number of fused-ring (bicyclic) bond motifs is 1. The zero-order chi connectivity index (χ0) is 13.2. The maximum Gasteiger partial charge on any atom is 0.145 e. The van der Waals surface area contributed by atoms with Gasteiger partial charge in [-0.1, -0.05) is 6.07 Å². The van der Waals surface area contributed by atoms with Crippen LogP contribution in [0.3, 0.4) is 0 Å². The summed E-state index contributed by atoms with van der Waals surface area (Å²) >= 11 is 0. The second kappa shape index (κ2) is 5.29. The lowest BCUT2D eigenvalue weighted by Crippen LogP contribution is -2.45. The largest absolute Gasteiger partial charge is 0.487 e. The van der Waals surface area contributed by atoms with Gasteiger partial charge in [0.15, 0.2) is 0 Å². The number of piperazine rings is 1. The molecule has 0 spiro atoms. The Bertz CT molecular complexity index is 443. The summed E-state index contributed by atoms with van der Waals surface area (Å²) in [6, 6.07) is 6.44. The van der Waals surface area contributed by atoms with Crippen molar-refractivity contribution in [3.8, 4) is 5.75 Å². The van der Waals surface area contributed by atoms with Gasteiger partial charge >= 0.3 is 0 Å². The van der Waals surface area contributed by atoms with Crippen LogP contribution in [0, 0.1) is 0 Å². The average molecular weight is 261 g/mol. The van der Waals surface area contributed by atoms with Crippen molar-refractivity contribution < 1.29 is 4.74 Å². The Morgan fingerprint density at radius 1 is 1.32 bits per heavy atom. The topological polar surface area (TPSA) is 27.7 Å². The molecule has 0 saturated carbocycles. The lowest BCUT2D eigenvalue weighted by Gasteiger charge is -2.39. The minimum Gasteiger partial charge on any atom is -0.487 e. The van der Waals surface area contributed by atoms with Gasteiger partial charge in [-0.15, -0.1) is 0 Å². The summed E-state index contributed by atoms with van der Waals surface area (Å²) in [5.41, 5.74) is 2.61. The number of para-hydroxylation sites is 1. The van der Waals surface area contributed by atoms with Gasteiger partial charge in [0.05, 0.1) is 12.2 Å². The van der Waals surface area contributed by atoms with Gasteiger partial charge in [0.1, 0.15) is 17.5 Å². The van der Waals surface area contributed by atoms with E-state index < -0.39 is 0 Å². The molecule has 1 N–H and O–H groups in total. The third-order valence-electron chi connectivity index (χ3n) is 3.94. The zero-order valence-electron chi connectivity index (χ0n) is 11.9. The van der Waals surface area contributed by atoms with Crippen LogP contribution in [0.15, 0.2) is 18.2 Å². The highest BCUT2D eigenvalue weighted by molar-refractivity contribution is 5.78. The number of rotatable bonds is 2. The lowest BCUT2D eigenvalue weighted by molar-refractivity contribution is 0.213. The molecule has 1 atom stereocenters. The highest BCUT2D eigenvalue weighted by Crippen LogP contribution is 2.41. The van der Waals surface area contributed by atoms with Crippen LogP contribution in [0.1, 0.15) is 13.8 Å². The molecule has 1 fully saturated rings. The molecule has 0 radical (unpaired) electrons. The molecule has 2 heterocycles. The van der Waals surface area contributed by atoms with E-state index in [2.05, 4.69) is 47.2 Å². The van der Waals surface area contributed by atoms with Gasteiger partial charge in [0, 0.05) is 32.7 Å². The second-order valence-corrected chi connectivity index (χ2v) is 5.33. The number of likely N-dealkylation sites (N-methyl/N-ethyl adjacent to an activating group) is 1. The van der Waals surface area contributed by atoms with E-state index in [1.54, 1.807) is 0 Å². The smallest absolute Gasteiger partial charge is 0.145 e. The van der Waals surface area contributed by atoms with Crippen LogP contribution in [-0.4, -0.2) is 45.4 Å². The summed E-state index contributed by atoms with van der Waals surface area (Å²) in [7, 11) is 0. The number of nitrogens with zero attached hydrogens (tertiary/aromatic N) is 2. The van der Waals surface area contributed by atoms with Crippen LogP contribution in [-0.2, 0) is 0 Å². The van der Waals surface area contributed by atoms with Crippen molar-refractivity contribution >= 4 is 11.4 Å². The average Bonchev–Trinajstić information content (AvgIpc) is 2.46. The Kier molecular flexibility index (Phi) is 3.51. The molecule has 2 aliphatic heterocycles. The van der Waals surface area contributed by atoms with E-state index in [9.17, 15) is 0 Å². The summed E-state index contributed by atoms with van der Waals surface area (Å²) in [5.74, 6) is 1.04. The van der Waals surface area contributed by atoms with Gasteiger partial charge in [-0.05, 0) is 26.0 Å². The molecule has 19 heavy (non-hydrogen) atoms. The normalized spacial score (nSPS) is 22.9. The van der Waals surface area contributed by atoms with Crippen molar-refractivity contribution in [2.75, 3.05) is 49.1 Å². The molecule has 1 unspecified atom stereocenters. The van der Waals surface area contributed by atoms with Crippen molar-refractivity contribution in [1.29, 1.82) is 0 Å². The third-order valence-corrected chi connectivity index (χ3v) is 3.94. The fourth-order valence-electron chi connectivity index (χ4n) is 3.03. The second-order valence-electron chi connectivity index (χ2n) is 5.33. The first-order valence-corrected chi connectivity index (χ1v) is 7.30. The van der Waals surface area contributed by atoms with Gasteiger partial charge in [-0.3, -0.25) is 0 Å². The fourth-order valence-corrected chi connectivity index (χ4v) is 3.03. The van der Waals surface area contributed by atoms with E-state index in [1.807, 2.05) is 0 Å². The van der Waals surface area contributed by atoms with Gasteiger partial charge in [-0.2, -0.15) is 0 Å². The number of hydrogen-bond acceptors (Lipinski definition) is 4. The Balaban J connectivity index is 1.98. The van der Waals surface area contributed by atoms with Crippen molar-refractivity contribution in [3.05, 3.63) is 18.2 Å². The number of ether oxygens (including phenoxy) is 1. The lowest BCUT2D eigenvalue weighted by atomic mass is 10.1. The summed E-state index contributed by atoms with van der Waals surface area (Å²) in [4.78, 5) is 4.91. The SMILES string of the molecule is CCN1CC(C)Oc2cccc(N3CCNCC3)c21. The third kappa shape index (κ3) is 2.37. The van der Waals surface area contributed by atoms with Crippen molar-refractivity contribution in [1.82, 2.24) is 5.32 Å². The summed E-state index contributed by atoms with van der Waals surface area (Å²) < 4.78 is 6.01. The fraction of sp³-hybridized carbons (Fsp3) is 0.600. The first kappa shape index (κ1) is 12.6. The molecular formula is C15H23N3O. The van der Waals surface area contributed by atoms with Gasteiger partial charge in [0.2, 0.25) is 0 Å². The first-order chi connectivity index (χ1) is 9.29. The Morgan fingerprint density at radius 3 is 2.84 bits per heavy atom.